The van der Waals surface area contributed by atoms with Gasteiger partial charge in [0, 0.05) is 24.5 Å². The third-order valence-corrected chi connectivity index (χ3v) is 5.32. The molecule has 1 amide bonds. The summed E-state index contributed by atoms with van der Waals surface area (Å²) in [5.74, 6) is -2.77. The first-order valence-electron chi connectivity index (χ1n) is 10.5. The maximum absolute atomic E-state index is 13.0. The molecule has 1 aromatic carbocycles. The molecule has 0 unspecified atom stereocenters. The molecule has 0 atom stereocenters. The molecule has 1 aliphatic heterocycles. The largest absolute Gasteiger partial charge is 0.490 e. The third kappa shape index (κ3) is 8.54. The first-order chi connectivity index (χ1) is 16.0. The van der Waals surface area contributed by atoms with Crippen LogP contribution in [0.15, 0.2) is 42.7 Å². The number of likely N-dealkylation sites (tertiary alicyclic amines) is 1. The predicted molar refractivity (Wildman–Crippen MR) is 115 cm³/mol. The van der Waals surface area contributed by atoms with E-state index >= 15 is 0 Å². The lowest BCUT2D eigenvalue weighted by molar-refractivity contribution is -0.192. The standard InChI is InChI=1S/C21H24FN3O2.C2HF3O2/c1-15-6-9-23-13-19(15)21(27)24-12-16-7-10-25(11-8-16)14-20(26)17-2-4-18(22)5-3-17;3-2(4,5)1(6)7/h2-6,9,13,16H,7-8,10-12,14H2,1H3,(H,24,27);(H,6,7). The molecule has 0 aliphatic carbocycles. The van der Waals surface area contributed by atoms with Gasteiger partial charge in [-0.05, 0) is 74.7 Å². The number of ketones is 1. The number of benzene rings is 1. The van der Waals surface area contributed by atoms with E-state index in [9.17, 15) is 27.2 Å². The number of amides is 1. The number of aryl methyl sites for hydroxylation is 1. The maximum Gasteiger partial charge on any atom is 0.490 e. The van der Waals surface area contributed by atoms with Crippen molar-refractivity contribution >= 4 is 17.7 Å². The van der Waals surface area contributed by atoms with Crippen LogP contribution in [0.4, 0.5) is 17.6 Å². The molecule has 1 aliphatic rings. The van der Waals surface area contributed by atoms with Crippen LogP contribution >= 0.6 is 0 Å². The van der Waals surface area contributed by atoms with Gasteiger partial charge in [-0.15, -0.1) is 0 Å². The lowest BCUT2D eigenvalue weighted by Gasteiger charge is -2.31. The first kappa shape index (κ1) is 26.9. The summed E-state index contributed by atoms with van der Waals surface area (Å²) in [7, 11) is 0. The molecule has 1 aromatic heterocycles. The summed E-state index contributed by atoms with van der Waals surface area (Å²) in [5.41, 5.74) is 2.06. The second-order valence-electron chi connectivity index (χ2n) is 7.85. The van der Waals surface area contributed by atoms with E-state index in [1.165, 1.54) is 24.3 Å². The normalized spacial score (nSPS) is 14.6. The molecule has 2 heterocycles. The average Bonchev–Trinajstić information content (AvgIpc) is 2.79. The highest BCUT2D eigenvalue weighted by Gasteiger charge is 2.38. The zero-order valence-electron chi connectivity index (χ0n) is 18.4. The number of aromatic nitrogens is 1. The molecule has 1 fully saturated rings. The summed E-state index contributed by atoms with van der Waals surface area (Å²) in [5, 5.41) is 10.1. The highest BCUT2D eigenvalue weighted by molar-refractivity contribution is 5.97. The lowest BCUT2D eigenvalue weighted by Crippen LogP contribution is -2.40. The van der Waals surface area contributed by atoms with Crippen molar-refractivity contribution in [2.75, 3.05) is 26.2 Å². The number of carboxylic acid groups (broad SMARTS) is 1. The van der Waals surface area contributed by atoms with Crippen LogP contribution in [0.25, 0.3) is 0 Å². The van der Waals surface area contributed by atoms with Crippen molar-refractivity contribution in [2.24, 2.45) is 5.92 Å². The van der Waals surface area contributed by atoms with E-state index in [1.54, 1.807) is 12.4 Å². The molecule has 2 aromatic rings. The van der Waals surface area contributed by atoms with Crippen LogP contribution in [0.3, 0.4) is 0 Å². The Morgan fingerprint density at radius 3 is 2.24 bits per heavy atom. The number of nitrogens with one attached hydrogen (secondary N) is 1. The van der Waals surface area contributed by atoms with Crippen LogP contribution in [-0.2, 0) is 4.79 Å². The highest BCUT2D eigenvalue weighted by atomic mass is 19.4. The summed E-state index contributed by atoms with van der Waals surface area (Å²) in [6.07, 6.45) is 0.0510. The Balaban J connectivity index is 0.000000509. The monoisotopic (exact) mass is 483 g/mol. The molecule has 3 rings (SSSR count). The second-order valence-corrected chi connectivity index (χ2v) is 7.85. The summed E-state index contributed by atoms with van der Waals surface area (Å²) >= 11 is 0. The van der Waals surface area contributed by atoms with Gasteiger partial charge in [-0.2, -0.15) is 13.2 Å². The fourth-order valence-corrected chi connectivity index (χ4v) is 3.31. The fraction of sp³-hybridized carbons (Fsp3) is 0.391. The summed E-state index contributed by atoms with van der Waals surface area (Å²) in [4.78, 5) is 39.6. The van der Waals surface area contributed by atoms with Crippen molar-refractivity contribution in [1.29, 1.82) is 0 Å². The molecule has 7 nitrogen and oxygen atoms in total. The molecular weight excluding hydrogens is 458 g/mol. The van der Waals surface area contributed by atoms with Gasteiger partial charge in [0.2, 0.25) is 0 Å². The maximum atomic E-state index is 13.0. The van der Waals surface area contributed by atoms with Crippen LogP contribution in [0.1, 0.15) is 39.1 Å². The van der Waals surface area contributed by atoms with Crippen LogP contribution in [0.2, 0.25) is 0 Å². The van der Waals surface area contributed by atoms with Crippen LogP contribution in [0.5, 0.6) is 0 Å². The Bertz CT molecular complexity index is 988. The van der Waals surface area contributed by atoms with E-state index in [1.807, 2.05) is 13.0 Å². The number of nitrogens with zero attached hydrogens (tertiary/aromatic N) is 2. The van der Waals surface area contributed by atoms with Crippen molar-refractivity contribution in [3.05, 3.63) is 65.2 Å². The number of Topliss-reactive ketones (excluding diaryl/α,β-unsaturated/α-hetero) is 1. The number of carbonyl (C=O) groups is 3. The third-order valence-electron chi connectivity index (χ3n) is 5.32. The van der Waals surface area contributed by atoms with E-state index in [0.29, 0.717) is 30.1 Å². The van der Waals surface area contributed by atoms with Gasteiger partial charge in [0.05, 0.1) is 12.1 Å². The number of hydrogen-bond donors (Lipinski definition) is 2. The molecular formula is C23H25F4N3O4. The van der Waals surface area contributed by atoms with Gasteiger partial charge in [0.15, 0.2) is 5.78 Å². The van der Waals surface area contributed by atoms with E-state index in [-0.39, 0.29) is 17.5 Å². The van der Waals surface area contributed by atoms with Gasteiger partial charge < -0.3 is 10.4 Å². The SMILES string of the molecule is Cc1ccncc1C(=O)NCC1CCN(CC(=O)c2ccc(F)cc2)CC1.O=C(O)C(F)(F)F. The molecule has 2 N–H and O–H groups in total. The molecule has 0 radical (unpaired) electrons. The van der Waals surface area contributed by atoms with Crippen molar-refractivity contribution in [2.45, 2.75) is 25.9 Å². The van der Waals surface area contributed by atoms with E-state index in [4.69, 9.17) is 9.90 Å². The zero-order valence-corrected chi connectivity index (χ0v) is 18.4. The molecule has 184 valence electrons. The quantitative estimate of drug-likeness (QED) is 0.482. The van der Waals surface area contributed by atoms with Gasteiger partial charge in [0.25, 0.3) is 5.91 Å². The van der Waals surface area contributed by atoms with Crippen molar-refractivity contribution in [3.63, 3.8) is 0 Å². The minimum absolute atomic E-state index is 0.00815. The van der Waals surface area contributed by atoms with Gasteiger partial charge in [-0.1, -0.05) is 0 Å². The Kier molecular flexibility index (Phi) is 9.67. The Morgan fingerprint density at radius 1 is 1.12 bits per heavy atom. The molecule has 0 spiro atoms. The molecule has 11 heteroatoms. The van der Waals surface area contributed by atoms with Crippen LogP contribution in [-0.4, -0.2) is 65.0 Å². The van der Waals surface area contributed by atoms with E-state index < -0.39 is 12.1 Å². The molecule has 34 heavy (non-hydrogen) atoms. The number of carboxylic acids is 1. The van der Waals surface area contributed by atoms with Crippen LogP contribution in [0, 0.1) is 18.7 Å². The topological polar surface area (TPSA) is 99.6 Å². The van der Waals surface area contributed by atoms with Crippen molar-refractivity contribution in [3.8, 4) is 0 Å². The van der Waals surface area contributed by atoms with Crippen LogP contribution < -0.4 is 5.32 Å². The number of pyridine rings is 1. The van der Waals surface area contributed by atoms with Crippen molar-refractivity contribution < 1.29 is 37.1 Å². The van der Waals surface area contributed by atoms with E-state index in [0.717, 1.165) is 31.5 Å². The molecule has 1 saturated heterocycles. The molecule has 0 bridgehead atoms. The number of aliphatic carboxylic acids is 1. The van der Waals surface area contributed by atoms with Gasteiger partial charge in [0.1, 0.15) is 5.82 Å². The second kappa shape index (κ2) is 12.2. The van der Waals surface area contributed by atoms with Gasteiger partial charge >= 0.3 is 12.1 Å². The number of hydrogen-bond acceptors (Lipinski definition) is 5. The molecule has 0 saturated carbocycles. The van der Waals surface area contributed by atoms with Gasteiger partial charge in [-0.25, -0.2) is 9.18 Å². The fourth-order valence-electron chi connectivity index (χ4n) is 3.31. The smallest absolute Gasteiger partial charge is 0.475 e. The predicted octanol–water partition coefficient (Wildman–Crippen LogP) is 3.49. The number of piperidine rings is 1. The number of carbonyl (C=O) groups excluding carboxylic acids is 2. The number of alkyl halides is 3. The number of halogens is 4. The van der Waals surface area contributed by atoms with Crippen molar-refractivity contribution in [1.82, 2.24) is 15.2 Å². The first-order valence-corrected chi connectivity index (χ1v) is 10.5. The average molecular weight is 483 g/mol. The Hall–Kier alpha value is -3.34. The number of rotatable bonds is 6. The summed E-state index contributed by atoms with van der Waals surface area (Å²) < 4.78 is 44.7. The lowest BCUT2D eigenvalue weighted by atomic mass is 9.96. The zero-order chi connectivity index (χ0) is 25.3. The highest BCUT2D eigenvalue weighted by Crippen LogP contribution is 2.17. The van der Waals surface area contributed by atoms with E-state index in [2.05, 4.69) is 15.2 Å². The van der Waals surface area contributed by atoms with Gasteiger partial charge in [-0.3, -0.25) is 19.5 Å². The Labute approximate surface area is 193 Å². The Morgan fingerprint density at radius 2 is 1.71 bits per heavy atom. The summed E-state index contributed by atoms with van der Waals surface area (Å²) in [6, 6.07) is 7.50. The minimum Gasteiger partial charge on any atom is -0.475 e. The minimum atomic E-state index is -5.08. The summed E-state index contributed by atoms with van der Waals surface area (Å²) in [6.45, 7) is 4.51.